The third-order valence-electron chi connectivity index (χ3n) is 8.18. The van der Waals surface area contributed by atoms with Crippen molar-refractivity contribution in [3.63, 3.8) is 0 Å². The number of halogens is 1. The van der Waals surface area contributed by atoms with E-state index >= 15 is 0 Å². The zero-order valence-corrected chi connectivity index (χ0v) is 29.6. The number of guanidine groups is 1. The van der Waals surface area contributed by atoms with E-state index in [1.807, 2.05) is 18.2 Å². The van der Waals surface area contributed by atoms with E-state index in [0.29, 0.717) is 85.9 Å². The Kier molecular flexibility index (Phi) is 14.6. The van der Waals surface area contributed by atoms with Crippen LogP contribution >= 0.6 is 0 Å². The molecular formula is C40H44FN7O5. The van der Waals surface area contributed by atoms with Gasteiger partial charge in [0.05, 0.1) is 33.0 Å². The molecule has 0 bridgehead atoms. The van der Waals surface area contributed by atoms with Crippen molar-refractivity contribution in [1.29, 1.82) is 0 Å². The second-order valence-electron chi connectivity index (χ2n) is 12.0. The molecule has 0 radical (unpaired) electrons. The Balaban J connectivity index is 1.14. The van der Waals surface area contributed by atoms with Crippen LogP contribution in [0.4, 0.5) is 15.8 Å². The molecule has 1 unspecified atom stereocenters. The van der Waals surface area contributed by atoms with E-state index in [4.69, 9.17) is 24.5 Å². The van der Waals surface area contributed by atoms with Crippen LogP contribution in [0.3, 0.4) is 0 Å². The number of phenolic OH excluding ortho intramolecular Hbond substituents is 1. The molecule has 13 heteroatoms. The normalized spacial score (nSPS) is 14.8. The Bertz CT molecular complexity index is 1880. The molecule has 1 heterocycles. The largest absolute Gasteiger partial charge is 0.508 e. The van der Waals surface area contributed by atoms with Crippen LogP contribution < -0.4 is 21.3 Å². The minimum absolute atomic E-state index is 0.0444. The van der Waals surface area contributed by atoms with Crippen molar-refractivity contribution < 1.29 is 28.6 Å². The summed E-state index contributed by atoms with van der Waals surface area (Å²) in [5, 5.41) is 22.0. The molecular weight excluding hydrogens is 677 g/mol. The molecule has 5 rings (SSSR count). The predicted octanol–water partition coefficient (Wildman–Crippen LogP) is 6.03. The zero-order valence-electron chi connectivity index (χ0n) is 29.6. The maximum atomic E-state index is 14.0. The van der Waals surface area contributed by atoms with Crippen LogP contribution in [0.25, 0.3) is 0 Å². The van der Waals surface area contributed by atoms with Gasteiger partial charge in [-0.3, -0.25) is 14.6 Å². The highest BCUT2D eigenvalue weighted by molar-refractivity contribution is 6.14. The average Bonchev–Trinajstić information content (AvgIpc) is 3.34. The summed E-state index contributed by atoms with van der Waals surface area (Å²) < 4.78 is 25.3. The number of hydrogen-bond donors (Lipinski definition) is 5. The molecule has 2 amide bonds. The molecule has 12 nitrogen and oxygen atoms in total. The molecule has 1 aliphatic rings. The Morgan fingerprint density at radius 2 is 1.42 bits per heavy atom. The standard InChI is InChI=1S/C40H44FN7O5/c1-2-28-26-36(42-20-22-52-24-25-53-23-21-43-38(50)29-8-4-3-5-9-29)47-40(46-33-16-18-34(49)19-17-33)48-37(28)45-32-14-12-30(13-15-32)39(51)44-27-31-10-6-7-11-35(31)41/h3-19,28,49H,2,20-27H2,1H3,(H,43,50)(H,44,51)(H2,42,45,46,47,48). The van der Waals surface area contributed by atoms with E-state index < -0.39 is 0 Å². The summed E-state index contributed by atoms with van der Waals surface area (Å²) in [5.41, 5.74) is 2.87. The lowest BCUT2D eigenvalue weighted by atomic mass is 10.00. The molecule has 0 spiro atoms. The van der Waals surface area contributed by atoms with E-state index in [-0.39, 0.29) is 35.8 Å². The Hall–Kier alpha value is -5.92. The van der Waals surface area contributed by atoms with E-state index in [1.54, 1.807) is 78.9 Å². The van der Waals surface area contributed by atoms with Crippen molar-refractivity contribution >= 4 is 40.8 Å². The monoisotopic (exact) mass is 721 g/mol. The molecule has 53 heavy (non-hydrogen) atoms. The molecule has 4 aromatic rings. The number of anilines is 2. The number of nitrogens with zero attached hydrogens (tertiary/aromatic N) is 3. The van der Waals surface area contributed by atoms with Crippen LogP contribution in [0.1, 0.15) is 46.0 Å². The molecule has 0 aliphatic carbocycles. The summed E-state index contributed by atoms with van der Waals surface area (Å²) in [6, 6.07) is 28.9. The minimum Gasteiger partial charge on any atom is -0.508 e. The number of ether oxygens (including phenoxy) is 2. The number of amidine groups is 2. The number of hydrogen-bond acceptors (Lipinski definition) is 9. The second-order valence-corrected chi connectivity index (χ2v) is 12.0. The average molecular weight is 722 g/mol. The number of rotatable bonds is 16. The lowest BCUT2D eigenvalue weighted by Gasteiger charge is -2.18. The molecule has 5 N–H and O–H groups in total. The lowest BCUT2D eigenvalue weighted by molar-refractivity contribution is 0.0512. The highest BCUT2D eigenvalue weighted by Gasteiger charge is 2.22. The van der Waals surface area contributed by atoms with Crippen LogP contribution in [-0.2, 0) is 16.0 Å². The zero-order chi connectivity index (χ0) is 37.3. The van der Waals surface area contributed by atoms with Gasteiger partial charge in [-0.15, -0.1) is 0 Å². The van der Waals surface area contributed by atoms with E-state index in [9.17, 15) is 19.1 Å². The third kappa shape index (κ3) is 12.4. The van der Waals surface area contributed by atoms with Gasteiger partial charge in [0, 0.05) is 53.5 Å². The molecule has 4 aromatic carbocycles. The highest BCUT2D eigenvalue weighted by Crippen LogP contribution is 2.21. The van der Waals surface area contributed by atoms with Gasteiger partial charge in [-0.1, -0.05) is 43.3 Å². The van der Waals surface area contributed by atoms with E-state index in [0.717, 1.165) is 12.1 Å². The number of carbonyl (C=O) groups excluding carboxylic acids is 2. The minimum atomic E-state index is -0.368. The first kappa shape index (κ1) is 38.3. The van der Waals surface area contributed by atoms with E-state index in [1.165, 1.54) is 6.07 Å². The molecule has 1 atom stereocenters. The summed E-state index contributed by atoms with van der Waals surface area (Å²) in [6.45, 7) is 4.45. The van der Waals surface area contributed by atoms with Crippen molar-refractivity contribution in [2.24, 2.45) is 20.9 Å². The number of aromatic hydroxyl groups is 1. The SMILES string of the molecule is CCC1CC(=NCCOCCOCCNC(=O)c2ccccc2)N=C(Nc2ccc(O)cc2)N=C1Nc1ccc(C(=O)NCc2ccccc2F)cc1. The molecule has 0 fully saturated rings. The molecule has 0 saturated carbocycles. The fourth-order valence-electron chi connectivity index (χ4n) is 5.27. The van der Waals surface area contributed by atoms with Gasteiger partial charge in [0.15, 0.2) is 0 Å². The molecule has 1 aliphatic heterocycles. The predicted molar refractivity (Wildman–Crippen MR) is 205 cm³/mol. The lowest BCUT2D eigenvalue weighted by Crippen LogP contribution is -2.27. The van der Waals surface area contributed by atoms with Gasteiger partial charge in [-0.25, -0.2) is 4.39 Å². The second kappa shape index (κ2) is 20.2. The van der Waals surface area contributed by atoms with Gasteiger partial charge in [0.2, 0.25) is 5.96 Å². The van der Waals surface area contributed by atoms with E-state index in [2.05, 4.69) is 28.2 Å². The Morgan fingerprint density at radius 3 is 2.15 bits per heavy atom. The van der Waals surface area contributed by atoms with Crippen LogP contribution in [0, 0.1) is 11.7 Å². The van der Waals surface area contributed by atoms with Gasteiger partial charge in [-0.2, -0.15) is 9.98 Å². The van der Waals surface area contributed by atoms with Crippen molar-refractivity contribution in [1.82, 2.24) is 10.6 Å². The topological polar surface area (TPSA) is 158 Å². The third-order valence-corrected chi connectivity index (χ3v) is 8.18. The number of benzene rings is 4. The van der Waals surface area contributed by atoms with Crippen molar-refractivity contribution in [3.05, 3.63) is 126 Å². The number of carbonyl (C=O) groups is 2. The van der Waals surface area contributed by atoms with Gasteiger partial charge < -0.3 is 35.8 Å². The summed E-state index contributed by atoms with van der Waals surface area (Å²) in [5.74, 6) is 0.883. The Morgan fingerprint density at radius 1 is 0.774 bits per heavy atom. The van der Waals surface area contributed by atoms with Gasteiger partial charge in [0.1, 0.15) is 23.2 Å². The van der Waals surface area contributed by atoms with Crippen LogP contribution in [-0.4, -0.2) is 74.1 Å². The molecule has 0 aromatic heterocycles. The van der Waals surface area contributed by atoms with Crippen molar-refractivity contribution in [2.75, 3.05) is 50.2 Å². The van der Waals surface area contributed by atoms with Crippen LogP contribution in [0.2, 0.25) is 0 Å². The number of phenols is 1. The van der Waals surface area contributed by atoms with Gasteiger partial charge in [-0.05, 0) is 73.2 Å². The maximum Gasteiger partial charge on any atom is 0.251 e. The smallest absolute Gasteiger partial charge is 0.251 e. The van der Waals surface area contributed by atoms with Crippen LogP contribution in [0.5, 0.6) is 5.75 Å². The first-order valence-electron chi connectivity index (χ1n) is 17.5. The highest BCUT2D eigenvalue weighted by atomic mass is 19.1. The summed E-state index contributed by atoms with van der Waals surface area (Å²) in [7, 11) is 0. The first-order chi connectivity index (χ1) is 25.9. The maximum absolute atomic E-state index is 14.0. The fourth-order valence-corrected chi connectivity index (χ4v) is 5.27. The number of amides is 2. The molecule has 0 saturated heterocycles. The fraction of sp³-hybridized carbons (Fsp3) is 0.275. The van der Waals surface area contributed by atoms with Gasteiger partial charge >= 0.3 is 0 Å². The summed E-state index contributed by atoms with van der Waals surface area (Å²) >= 11 is 0. The first-order valence-corrected chi connectivity index (χ1v) is 17.5. The van der Waals surface area contributed by atoms with Crippen LogP contribution in [0.15, 0.2) is 118 Å². The van der Waals surface area contributed by atoms with Gasteiger partial charge in [0.25, 0.3) is 11.8 Å². The quantitative estimate of drug-likeness (QED) is 0.0698. The summed E-state index contributed by atoms with van der Waals surface area (Å²) in [4.78, 5) is 39.2. The van der Waals surface area contributed by atoms with Crippen molar-refractivity contribution in [2.45, 2.75) is 26.3 Å². The summed E-state index contributed by atoms with van der Waals surface area (Å²) in [6.07, 6.45) is 1.28. The number of aliphatic imine (C=N–C) groups is 3. The van der Waals surface area contributed by atoms with Crippen molar-refractivity contribution in [3.8, 4) is 5.75 Å². The number of nitrogens with one attached hydrogen (secondary N) is 4. The molecule has 276 valence electrons. The Labute approximate surface area is 308 Å².